The summed E-state index contributed by atoms with van der Waals surface area (Å²) in [5.74, 6) is -3.68. The van der Waals surface area contributed by atoms with Crippen LogP contribution in [0.15, 0.2) is 42.5 Å². The third kappa shape index (κ3) is 4.93. The molecule has 0 saturated heterocycles. The Morgan fingerprint density at radius 2 is 1.77 bits per heavy atom. The molecule has 0 aliphatic carbocycles. The molecular formula is C25H22F6N2O2. The molecule has 3 aromatic rings. The molecule has 0 radical (unpaired) electrons. The largest absolute Gasteiger partial charge is 0.478 e. The fraction of sp³-hybridized carbons (Fsp3) is 0.320. The number of nitrogens with zero attached hydrogens (tertiary/aromatic N) is 1. The van der Waals surface area contributed by atoms with Crippen molar-refractivity contribution in [3.05, 3.63) is 76.5 Å². The Morgan fingerprint density at radius 3 is 2.34 bits per heavy atom. The second-order valence-corrected chi connectivity index (χ2v) is 9.19. The summed E-state index contributed by atoms with van der Waals surface area (Å²) in [5, 5.41) is 9.26. The van der Waals surface area contributed by atoms with Crippen molar-refractivity contribution >= 4 is 22.9 Å². The Labute approximate surface area is 196 Å². The highest BCUT2D eigenvalue weighted by molar-refractivity contribution is 5.86. The van der Waals surface area contributed by atoms with E-state index in [1.165, 1.54) is 0 Å². The van der Waals surface area contributed by atoms with Gasteiger partial charge in [-0.25, -0.2) is 18.0 Å². The summed E-state index contributed by atoms with van der Waals surface area (Å²) in [6.45, 7) is 1.46. The van der Waals surface area contributed by atoms with Crippen molar-refractivity contribution < 1.29 is 36.2 Å². The minimum Gasteiger partial charge on any atom is -0.478 e. The van der Waals surface area contributed by atoms with E-state index in [1.807, 2.05) is 0 Å². The van der Waals surface area contributed by atoms with Crippen LogP contribution in [0.4, 0.5) is 26.3 Å². The number of aromatic amines is 1. The van der Waals surface area contributed by atoms with Gasteiger partial charge in [-0.3, -0.25) is 4.90 Å². The van der Waals surface area contributed by atoms with Gasteiger partial charge in [-0.15, -0.1) is 0 Å². The average Bonchev–Trinajstić information content (AvgIpc) is 3.09. The number of benzene rings is 2. The lowest BCUT2D eigenvalue weighted by Crippen LogP contribution is -2.55. The number of para-hydroxylation sites is 1. The Morgan fingerprint density at radius 1 is 1.14 bits per heavy atom. The van der Waals surface area contributed by atoms with Gasteiger partial charge in [0.1, 0.15) is 23.3 Å². The van der Waals surface area contributed by atoms with Crippen LogP contribution in [0.25, 0.3) is 17.0 Å². The normalized spacial score (nSPS) is 19.4. The van der Waals surface area contributed by atoms with Crippen molar-refractivity contribution in [1.82, 2.24) is 9.88 Å². The number of hydrogen-bond donors (Lipinski definition) is 2. The molecule has 10 heteroatoms. The molecule has 1 aliphatic rings. The Balaban J connectivity index is 1.98. The Hall–Kier alpha value is -3.27. The molecular weight excluding hydrogens is 474 g/mol. The first-order valence-corrected chi connectivity index (χ1v) is 10.8. The van der Waals surface area contributed by atoms with Crippen LogP contribution in [0, 0.1) is 11.6 Å². The lowest BCUT2D eigenvalue weighted by molar-refractivity contribution is -0.195. The van der Waals surface area contributed by atoms with Crippen LogP contribution in [-0.2, 0) is 11.2 Å². The van der Waals surface area contributed by atoms with E-state index in [0.717, 1.165) is 37.0 Å². The van der Waals surface area contributed by atoms with Gasteiger partial charge in [-0.2, -0.15) is 13.2 Å². The SMILES string of the molecule is CC(C)(F)CN1C(c2c(F)cc(/C=C/C(=O)O)cc2F)c2[nH]c3ccccc3c2CC1C(F)(F)F. The zero-order chi connectivity index (χ0) is 25.7. The molecule has 0 spiro atoms. The number of carbonyl (C=O) groups is 1. The predicted molar refractivity (Wildman–Crippen MR) is 119 cm³/mol. The van der Waals surface area contributed by atoms with E-state index in [0.29, 0.717) is 17.0 Å². The number of carboxylic acids is 1. The van der Waals surface area contributed by atoms with Crippen LogP contribution in [0.1, 0.15) is 42.3 Å². The molecule has 35 heavy (non-hydrogen) atoms. The lowest BCUT2D eigenvalue weighted by Gasteiger charge is -2.44. The molecule has 2 N–H and O–H groups in total. The highest BCUT2D eigenvalue weighted by Gasteiger charge is 2.52. The van der Waals surface area contributed by atoms with Gasteiger partial charge in [0.15, 0.2) is 0 Å². The number of aliphatic carboxylic acids is 1. The van der Waals surface area contributed by atoms with Gasteiger partial charge in [-0.1, -0.05) is 18.2 Å². The summed E-state index contributed by atoms with van der Waals surface area (Å²) in [4.78, 5) is 14.5. The highest BCUT2D eigenvalue weighted by atomic mass is 19.4. The summed E-state index contributed by atoms with van der Waals surface area (Å²) >= 11 is 0. The number of alkyl halides is 4. The molecule has 0 bridgehead atoms. The fourth-order valence-corrected chi connectivity index (χ4v) is 4.71. The molecule has 0 amide bonds. The first kappa shape index (κ1) is 24.8. The van der Waals surface area contributed by atoms with E-state index in [2.05, 4.69) is 4.98 Å². The zero-order valence-electron chi connectivity index (χ0n) is 18.8. The topological polar surface area (TPSA) is 56.3 Å². The van der Waals surface area contributed by atoms with E-state index < -0.39 is 60.1 Å². The second-order valence-electron chi connectivity index (χ2n) is 9.19. The molecule has 1 aliphatic heterocycles. The molecule has 4 rings (SSSR count). The van der Waals surface area contributed by atoms with E-state index >= 15 is 8.78 Å². The maximum atomic E-state index is 15.4. The monoisotopic (exact) mass is 496 g/mol. The van der Waals surface area contributed by atoms with Crippen LogP contribution in [-0.4, -0.2) is 45.4 Å². The van der Waals surface area contributed by atoms with Gasteiger partial charge >= 0.3 is 12.1 Å². The summed E-state index contributed by atoms with van der Waals surface area (Å²) in [6, 6.07) is 4.47. The maximum absolute atomic E-state index is 15.4. The first-order valence-electron chi connectivity index (χ1n) is 10.8. The van der Waals surface area contributed by atoms with Crippen molar-refractivity contribution in [3.8, 4) is 0 Å². The lowest BCUT2D eigenvalue weighted by atomic mass is 9.86. The van der Waals surface area contributed by atoms with Gasteiger partial charge in [0.25, 0.3) is 0 Å². The summed E-state index contributed by atoms with van der Waals surface area (Å²) in [7, 11) is 0. The predicted octanol–water partition coefficient (Wildman–Crippen LogP) is 6.17. The summed E-state index contributed by atoms with van der Waals surface area (Å²) in [5.41, 5.74) is -2.00. The summed E-state index contributed by atoms with van der Waals surface area (Å²) in [6.07, 6.45) is -3.68. The van der Waals surface area contributed by atoms with Crippen molar-refractivity contribution in [2.75, 3.05) is 6.54 Å². The van der Waals surface area contributed by atoms with Gasteiger partial charge in [0, 0.05) is 34.8 Å². The Kier molecular flexibility index (Phi) is 6.21. The van der Waals surface area contributed by atoms with Gasteiger partial charge in [-0.05, 0) is 55.7 Å². The minimum absolute atomic E-state index is 0.122. The van der Waals surface area contributed by atoms with Crippen LogP contribution in [0.2, 0.25) is 0 Å². The fourth-order valence-electron chi connectivity index (χ4n) is 4.71. The van der Waals surface area contributed by atoms with Crippen LogP contribution < -0.4 is 0 Å². The number of fused-ring (bicyclic) bond motifs is 3. The second kappa shape index (κ2) is 8.75. The van der Waals surface area contributed by atoms with E-state index in [4.69, 9.17) is 5.11 Å². The molecule has 2 heterocycles. The van der Waals surface area contributed by atoms with Crippen molar-refractivity contribution in [1.29, 1.82) is 0 Å². The summed E-state index contributed by atoms with van der Waals surface area (Å²) < 4.78 is 88.3. The average molecular weight is 496 g/mol. The van der Waals surface area contributed by atoms with Gasteiger partial charge in [0.05, 0.1) is 6.04 Å². The van der Waals surface area contributed by atoms with Crippen molar-refractivity contribution in [3.63, 3.8) is 0 Å². The smallest absolute Gasteiger partial charge is 0.404 e. The van der Waals surface area contributed by atoms with E-state index in [-0.39, 0.29) is 16.8 Å². The molecule has 0 fully saturated rings. The quantitative estimate of drug-likeness (QED) is 0.328. The number of nitrogens with one attached hydrogen (secondary N) is 1. The maximum Gasteiger partial charge on any atom is 0.404 e. The first-order chi connectivity index (χ1) is 16.3. The standard InChI is InChI=1S/C25H22F6N2O2/c1-24(2,28)12-33-19(25(29,30)31)11-15-14-5-3-4-6-18(14)32-22(15)23(33)21-16(26)9-13(10-17(21)27)7-8-20(34)35/h3-10,19,23,32H,11-12H2,1-2H3,(H,34,35)/b8-7+. The zero-order valence-corrected chi connectivity index (χ0v) is 18.8. The molecule has 2 unspecified atom stereocenters. The van der Waals surface area contributed by atoms with E-state index in [9.17, 15) is 22.4 Å². The molecule has 0 saturated carbocycles. The third-order valence-electron chi connectivity index (χ3n) is 5.98. The van der Waals surface area contributed by atoms with Crippen molar-refractivity contribution in [2.45, 2.75) is 44.2 Å². The number of H-pyrrole nitrogens is 1. The molecule has 1 aromatic heterocycles. The molecule has 4 nitrogen and oxygen atoms in total. The molecule has 186 valence electrons. The van der Waals surface area contributed by atoms with Gasteiger partial charge in [0.2, 0.25) is 0 Å². The number of hydrogen-bond acceptors (Lipinski definition) is 2. The molecule has 2 aromatic carbocycles. The van der Waals surface area contributed by atoms with Crippen molar-refractivity contribution in [2.24, 2.45) is 0 Å². The minimum atomic E-state index is -4.81. The van der Waals surface area contributed by atoms with E-state index in [1.54, 1.807) is 24.3 Å². The van der Waals surface area contributed by atoms with Crippen LogP contribution >= 0.6 is 0 Å². The number of rotatable bonds is 5. The van der Waals surface area contributed by atoms with Crippen LogP contribution in [0.3, 0.4) is 0 Å². The van der Waals surface area contributed by atoms with Crippen LogP contribution in [0.5, 0.6) is 0 Å². The highest BCUT2D eigenvalue weighted by Crippen LogP contribution is 2.46. The number of halogens is 6. The number of carboxylic acid groups (broad SMARTS) is 1. The Bertz CT molecular complexity index is 1280. The van der Waals surface area contributed by atoms with Gasteiger partial charge < -0.3 is 10.1 Å². The third-order valence-corrected chi connectivity index (χ3v) is 5.98. The molecule has 2 atom stereocenters. The number of aromatic nitrogens is 1.